The molecule has 1 saturated heterocycles. The van der Waals surface area contributed by atoms with Gasteiger partial charge in [0.1, 0.15) is 12.1 Å². The van der Waals surface area contributed by atoms with Crippen LogP contribution in [0.2, 0.25) is 0 Å². The highest BCUT2D eigenvalue weighted by molar-refractivity contribution is 5.92. The third-order valence-corrected chi connectivity index (χ3v) is 2.77. The zero-order chi connectivity index (χ0) is 10.9. The number of carbonyl (C=O) groups excluding carboxylic acids is 1. The average Bonchev–Trinajstić information content (AvgIpc) is 2.15. The summed E-state index contributed by atoms with van der Waals surface area (Å²) in [6.07, 6.45) is 0.732. The minimum absolute atomic E-state index is 0.0380. The first-order valence-electron chi connectivity index (χ1n) is 4.77. The topological polar surface area (TPSA) is 83.6 Å². The van der Waals surface area contributed by atoms with Gasteiger partial charge in [-0.25, -0.2) is 4.79 Å². The molecule has 0 aromatic rings. The van der Waals surface area contributed by atoms with Crippen LogP contribution in [0.5, 0.6) is 0 Å². The van der Waals surface area contributed by atoms with Crippen molar-refractivity contribution < 1.29 is 14.7 Å². The van der Waals surface area contributed by atoms with Crippen LogP contribution in [0.25, 0.3) is 0 Å². The predicted octanol–water partition coefficient (Wildman–Crippen LogP) is -0.345. The molecule has 0 aromatic heterocycles. The molecule has 0 aliphatic carbocycles. The zero-order valence-electron chi connectivity index (χ0n) is 8.43. The SMILES string of the molecule is CCC(C)[C@H](C(=O)O)N1C[C@H](N)C1=O. The second-order valence-corrected chi connectivity index (χ2v) is 3.77. The molecule has 0 saturated carbocycles. The third-order valence-electron chi connectivity index (χ3n) is 2.77. The van der Waals surface area contributed by atoms with Crippen LogP contribution in [-0.2, 0) is 9.59 Å². The second kappa shape index (κ2) is 3.96. The van der Waals surface area contributed by atoms with E-state index >= 15 is 0 Å². The Hall–Kier alpha value is -1.10. The van der Waals surface area contributed by atoms with E-state index in [1.807, 2.05) is 13.8 Å². The van der Waals surface area contributed by atoms with Gasteiger partial charge in [-0.1, -0.05) is 20.3 Å². The van der Waals surface area contributed by atoms with Crippen LogP contribution in [0.1, 0.15) is 20.3 Å². The number of carboxylic acid groups (broad SMARTS) is 1. The number of hydrogen-bond donors (Lipinski definition) is 2. The van der Waals surface area contributed by atoms with E-state index in [0.29, 0.717) is 6.54 Å². The molecule has 80 valence electrons. The number of hydrogen-bond acceptors (Lipinski definition) is 3. The first-order valence-corrected chi connectivity index (χ1v) is 4.77. The second-order valence-electron chi connectivity index (χ2n) is 3.77. The summed E-state index contributed by atoms with van der Waals surface area (Å²) in [6, 6.07) is -1.21. The lowest BCUT2D eigenvalue weighted by molar-refractivity contribution is -0.160. The summed E-state index contributed by atoms with van der Waals surface area (Å²) in [5, 5.41) is 8.98. The fourth-order valence-corrected chi connectivity index (χ4v) is 1.64. The minimum atomic E-state index is -0.945. The Bertz CT molecular complexity index is 254. The molecular formula is C9H16N2O3. The van der Waals surface area contributed by atoms with Crippen molar-refractivity contribution in [2.75, 3.05) is 6.54 Å². The van der Waals surface area contributed by atoms with Crippen LogP contribution < -0.4 is 5.73 Å². The van der Waals surface area contributed by atoms with E-state index in [2.05, 4.69) is 0 Å². The molecule has 0 aromatic carbocycles. The normalized spacial score (nSPS) is 25.5. The maximum atomic E-state index is 11.3. The van der Waals surface area contributed by atoms with Crippen molar-refractivity contribution in [3.8, 4) is 0 Å². The molecule has 1 aliphatic heterocycles. The Morgan fingerprint density at radius 2 is 2.36 bits per heavy atom. The van der Waals surface area contributed by atoms with Crippen LogP contribution >= 0.6 is 0 Å². The van der Waals surface area contributed by atoms with Gasteiger partial charge in [-0.2, -0.15) is 0 Å². The van der Waals surface area contributed by atoms with Gasteiger partial charge in [-0.05, 0) is 5.92 Å². The summed E-state index contributed by atoms with van der Waals surface area (Å²) in [7, 11) is 0. The van der Waals surface area contributed by atoms with Gasteiger partial charge in [-0.15, -0.1) is 0 Å². The van der Waals surface area contributed by atoms with E-state index in [0.717, 1.165) is 6.42 Å². The van der Waals surface area contributed by atoms with Crippen LogP contribution in [0.15, 0.2) is 0 Å². The molecule has 1 fully saturated rings. The van der Waals surface area contributed by atoms with E-state index in [-0.39, 0.29) is 11.8 Å². The molecule has 0 spiro atoms. The largest absolute Gasteiger partial charge is 0.480 e. The van der Waals surface area contributed by atoms with Crippen molar-refractivity contribution in [2.45, 2.75) is 32.4 Å². The Balaban J connectivity index is 2.70. The first-order chi connectivity index (χ1) is 6.49. The van der Waals surface area contributed by atoms with Crippen molar-refractivity contribution in [3.05, 3.63) is 0 Å². The Kier molecular flexibility index (Phi) is 3.10. The number of amides is 1. The van der Waals surface area contributed by atoms with Gasteiger partial charge in [0.15, 0.2) is 0 Å². The van der Waals surface area contributed by atoms with Gasteiger partial charge in [-0.3, -0.25) is 4.79 Å². The molecule has 1 unspecified atom stereocenters. The first kappa shape index (κ1) is 11.0. The van der Waals surface area contributed by atoms with Gasteiger partial charge in [0.05, 0.1) is 0 Å². The molecule has 5 nitrogen and oxygen atoms in total. The van der Waals surface area contributed by atoms with E-state index in [1.165, 1.54) is 4.90 Å². The average molecular weight is 200 g/mol. The number of β-lactam (4-membered cyclic amide) rings is 1. The molecule has 1 heterocycles. The van der Waals surface area contributed by atoms with Crippen LogP contribution in [0, 0.1) is 5.92 Å². The number of rotatable bonds is 4. The Morgan fingerprint density at radius 3 is 2.64 bits per heavy atom. The van der Waals surface area contributed by atoms with Crippen molar-refractivity contribution in [3.63, 3.8) is 0 Å². The molecule has 14 heavy (non-hydrogen) atoms. The van der Waals surface area contributed by atoms with Crippen molar-refractivity contribution in [1.82, 2.24) is 4.90 Å². The zero-order valence-corrected chi connectivity index (χ0v) is 8.43. The summed E-state index contributed by atoms with van der Waals surface area (Å²) < 4.78 is 0. The van der Waals surface area contributed by atoms with Gasteiger partial charge in [0.25, 0.3) is 0 Å². The van der Waals surface area contributed by atoms with Crippen LogP contribution in [0.4, 0.5) is 0 Å². The molecule has 0 bridgehead atoms. The Labute approximate surface area is 82.9 Å². The molecule has 1 amide bonds. The monoisotopic (exact) mass is 200 g/mol. The van der Waals surface area contributed by atoms with Gasteiger partial charge in [0.2, 0.25) is 5.91 Å². The summed E-state index contributed by atoms with van der Waals surface area (Å²) >= 11 is 0. The van der Waals surface area contributed by atoms with Crippen molar-refractivity contribution in [1.29, 1.82) is 0 Å². The number of likely N-dealkylation sites (tertiary alicyclic amines) is 1. The summed E-state index contributed by atoms with van der Waals surface area (Å²) in [5.41, 5.74) is 5.41. The maximum Gasteiger partial charge on any atom is 0.326 e. The molecule has 3 atom stereocenters. The quantitative estimate of drug-likeness (QED) is 0.608. The smallest absolute Gasteiger partial charge is 0.326 e. The van der Waals surface area contributed by atoms with Crippen molar-refractivity contribution >= 4 is 11.9 Å². The number of nitrogens with zero attached hydrogens (tertiary/aromatic N) is 1. The highest BCUT2D eigenvalue weighted by Gasteiger charge is 2.43. The summed E-state index contributed by atoms with van der Waals surface area (Å²) in [4.78, 5) is 23.6. The Morgan fingerprint density at radius 1 is 1.79 bits per heavy atom. The molecule has 3 N–H and O–H groups in total. The fraction of sp³-hybridized carbons (Fsp3) is 0.778. The van der Waals surface area contributed by atoms with E-state index in [4.69, 9.17) is 10.8 Å². The number of carboxylic acids is 1. The lowest BCUT2D eigenvalue weighted by Gasteiger charge is -2.42. The molecule has 5 heteroatoms. The number of nitrogens with two attached hydrogens (primary N) is 1. The van der Waals surface area contributed by atoms with Crippen LogP contribution in [-0.4, -0.2) is 40.5 Å². The standard InChI is InChI=1S/C9H16N2O3/c1-3-5(2)7(9(13)14)11-4-6(10)8(11)12/h5-7H,3-4,10H2,1-2H3,(H,13,14)/t5?,6-,7+/m0/s1. The highest BCUT2D eigenvalue weighted by Crippen LogP contribution is 2.21. The summed E-state index contributed by atoms with van der Waals surface area (Å²) in [6.45, 7) is 4.10. The lowest BCUT2D eigenvalue weighted by atomic mass is 9.93. The molecule has 0 radical (unpaired) electrons. The van der Waals surface area contributed by atoms with Gasteiger partial charge < -0.3 is 15.7 Å². The number of carbonyl (C=O) groups is 2. The highest BCUT2D eigenvalue weighted by atomic mass is 16.4. The predicted molar refractivity (Wildman–Crippen MR) is 50.6 cm³/mol. The number of aliphatic carboxylic acids is 1. The summed E-state index contributed by atoms with van der Waals surface area (Å²) in [5.74, 6) is -1.23. The van der Waals surface area contributed by atoms with E-state index in [9.17, 15) is 9.59 Å². The van der Waals surface area contributed by atoms with E-state index in [1.54, 1.807) is 0 Å². The van der Waals surface area contributed by atoms with Gasteiger partial charge >= 0.3 is 5.97 Å². The fourth-order valence-electron chi connectivity index (χ4n) is 1.64. The lowest BCUT2D eigenvalue weighted by Crippen LogP contribution is -2.66. The minimum Gasteiger partial charge on any atom is -0.480 e. The molecular weight excluding hydrogens is 184 g/mol. The van der Waals surface area contributed by atoms with Crippen LogP contribution in [0.3, 0.4) is 0 Å². The van der Waals surface area contributed by atoms with E-state index < -0.39 is 18.1 Å². The molecule has 1 rings (SSSR count). The molecule has 1 aliphatic rings. The third kappa shape index (κ3) is 1.72. The van der Waals surface area contributed by atoms with Gasteiger partial charge in [0, 0.05) is 6.54 Å². The maximum absolute atomic E-state index is 11.3. The van der Waals surface area contributed by atoms with Crippen molar-refractivity contribution in [2.24, 2.45) is 11.7 Å².